The van der Waals surface area contributed by atoms with E-state index in [9.17, 15) is 0 Å². The molecule has 0 heterocycles. The van der Waals surface area contributed by atoms with Gasteiger partial charge in [-0.15, -0.1) is 0 Å². The fourth-order valence-corrected chi connectivity index (χ4v) is 9.99. The van der Waals surface area contributed by atoms with Crippen LogP contribution in [0.5, 0.6) is 0 Å². The quantitative estimate of drug-likeness (QED) is 0.533. The van der Waals surface area contributed by atoms with Crippen molar-refractivity contribution < 1.29 is 4.43 Å². The second-order valence-corrected chi connectivity index (χ2v) is 25.4. The van der Waals surface area contributed by atoms with Crippen LogP contribution in [0.1, 0.15) is 5.56 Å². The first-order valence-electron chi connectivity index (χ1n) is 6.62. The van der Waals surface area contributed by atoms with Gasteiger partial charge in [0, 0.05) is 0 Å². The summed E-state index contributed by atoms with van der Waals surface area (Å²) in [6.07, 6.45) is 3.33. The molecule has 0 aliphatic carbocycles. The first-order chi connectivity index (χ1) is 8.18. The van der Waals surface area contributed by atoms with Crippen LogP contribution in [0.15, 0.2) is 40.2 Å². The van der Waals surface area contributed by atoms with Gasteiger partial charge in [-0.25, -0.2) is 0 Å². The average Bonchev–Trinajstić information content (AvgIpc) is 2.22. The van der Waals surface area contributed by atoms with Gasteiger partial charge in [0.2, 0.25) is 0 Å². The van der Waals surface area contributed by atoms with Crippen LogP contribution >= 0.6 is 0 Å². The molecule has 0 saturated carbocycles. The molecule has 0 unspecified atom stereocenters. The molecular weight excluding hydrogens is 343 g/mol. The van der Waals surface area contributed by atoms with Gasteiger partial charge in [0.05, 0.1) is 0 Å². The van der Waals surface area contributed by atoms with E-state index in [0.717, 1.165) is 6.42 Å². The summed E-state index contributed by atoms with van der Waals surface area (Å²) in [7, 11) is -1.48. The van der Waals surface area contributed by atoms with E-state index in [4.69, 9.17) is 4.43 Å². The maximum atomic E-state index is 6.32. The van der Waals surface area contributed by atoms with E-state index in [2.05, 4.69) is 70.9 Å². The Hall–Kier alpha value is -0.224. The van der Waals surface area contributed by atoms with Gasteiger partial charge in [-0.2, -0.15) is 0 Å². The zero-order valence-electron chi connectivity index (χ0n) is 12.6. The summed E-state index contributed by atoms with van der Waals surface area (Å²) in [4.78, 5) is 7.27. The molecule has 0 N–H and O–H groups in total. The minimum atomic E-state index is -2.12. The van der Waals surface area contributed by atoms with Gasteiger partial charge in [-0.1, -0.05) is 0 Å². The van der Waals surface area contributed by atoms with E-state index in [-0.39, 0.29) is 0 Å². The number of hydrogen-bond donors (Lipinski definition) is 0. The molecule has 1 aromatic carbocycles. The monoisotopic (exact) mass is 370 g/mol. The molecule has 1 nitrogen and oxygen atoms in total. The summed E-state index contributed by atoms with van der Waals surface area (Å²) in [6.45, 7) is 6.79. The van der Waals surface area contributed by atoms with Crippen LogP contribution in [-0.4, -0.2) is 26.7 Å². The topological polar surface area (TPSA) is 9.23 Å². The molecule has 0 aromatic heterocycles. The molecule has 3 heteroatoms. The number of rotatable bonds is 5. The van der Waals surface area contributed by atoms with Gasteiger partial charge >= 0.3 is 118 Å². The molecule has 0 aliphatic heterocycles. The van der Waals surface area contributed by atoms with Crippen molar-refractivity contribution >= 4 is 26.7 Å². The van der Waals surface area contributed by atoms with Crippen molar-refractivity contribution in [1.29, 1.82) is 0 Å². The summed E-state index contributed by atoms with van der Waals surface area (Å²) in [6, 6.07) is 10.6. The van der Waals surface area contributed by atoms with Crippen LogP contribution < -0.4 is 0 Å². The fourth-order valence-electron chi connectivity index (χ4n) is 1.66. The van der Waals surface area contributed by atoms with Crippen LogP contribution in [-0.2, 0) is 10.8 Å². The molecule has 0 bridgehead atoms. The third kappa shape index (κ3) is 6.09. The van der Waals surface area contributed by atoms with Crippen molar-refractivity contribution in [3.63, 3.8) is 0 Å². The second kappa shape index (κ2) is 6.28. The van der Waals surface area contributed by atoms with Crippen LogP contribution in [0.2, 0.25) is 34.5 Å². The summed E-state index contributed by atoms with van der Waals surface area (Å²) in [5.74, 6) is 0. The Morgan fingerprint density at radius 2 is 1.67 bits per heavy atom. The van der Waals surface area contributed by atoms with Crippen LogP contribution in [0.3, 0.4) is 0 Å². The number of benzene rings is 1. The minimum absolute atomic E-state index is 0.995. The Balaban J connectivity index is 2.84. The van der Waals surface area contributed by atoms with Crippen molar-refractivity contribution in [2.75, 3.05) is 0 Å². The van der Waals surface area contributed by atoms with Crippen molar-refractivity contribution in [2.24, 2.45) is 0 Å². The average molecular weight is 369 g/mol. The Morgan fingerprint density at radius 3 is 2.11 bits per heavy atom. The van der Waals surface area contributed by atoms with E-state index in [1.54, 1.807) is 0 Å². The van der Waals surface area contributed by atoms with Crippen molar-refractivity contribution in [2.45, 2.75) is 40.9 Å². The molecule has 100 valence electrons. The molecule has 0 fully saturated rings. The van der Waals surface area contributed by atoms with Gasteiger partial charge in [0.1, 0.15) is 0 Å². The van der Waals surface area contributed by atoms with E-state index in [1.165, 1.54) is 9.34 Å². The predicted molar refractivity (Wildman–Crippen MR) is 86.0 cm³/mol. The summed E-state index contributed by atoms with van der Waals surface area (Å²) >= 11 is -2.12. The van der Waals surface area contributed by atoms with Gasteiger partial charge < -0.3 is 0 Å². The maximum absolute atomic E-state index is 6.32. The molecule has 1 rings (SSSR count). The van der Waals surface area contributed by atoms with Crippen LogP contribution in [0.4, 0.5) is 0 Å². The first-order valence-corrected chi connectivity index (χ1v) is 20.0. The van der Waals surface area contributed by atoms with Gasteiger partial charge in [0.25, 0.3) is 0 Å². The third-order valence-corrected chi connectivity index (χ3v) is 9.03. The zero-order valence-corrected chi connectivity index (χ0v) is 16.4. The Kier molecular flexibility index (Phi) is 5.53. The van der Waals surface area contributed by atoms with E-state index in [1.807, 2.05) is 0 Å². The zero-order chi connectivity index (χ0) is 13.8. The van der Waals surface area contributed by atoms with E-state index >= 15 is 0 Å². The molecule has 1 aromatic rings. The van der Waals surface area contributed by atoms with Gasteiger partial charge in [0.15, 0.2) is 0 Å². The molecule has 0 saturated heterocycles. The number of hydrogen-bond acceptors (Lipinski definition) is 1. The second-order valence-electron chi connectivity index (χ2n) is 6.72. The summed E-state index contributed by atoms with van der Waals surface area (Å²) < 4.78 is 7.66. The normalized spacial score (nSPS) is 13.6. The summed E-state index contributed by atoms with van der Waals surface area (Å²) in [5, 5.41) is 0. The fraction of sp³-hybridized carbons (Fsp3) is 0.467. The van der Waals surface area contributed by atoms with Crippen LogP contribution in [0.25, 0.3) is 0 Å². The van der Waals surface area contributed by atoms with Crippen LogP contribution in [0, 0.1) is 0 Å². The molecule has 0 aliphatic rings. The van der Waals surface area contributed by atoms with E-state index in [0.29, 0.717) is 0 Å². The molecular formula is C15H26OSiSn. The standard InChI is InChI=1S/C12H17OSi.3CH3.Sn/c1-14(2,3)13-11-7-10-12-8-5-4-6-9-12;;;;/h4-9H,10H2,1-3H3;3*1H3;. The SMILES string of the molecule is C[Si](C)(C)O/[C](=C/Cc1ccccc1)[Sn]([CH3])([CH3])[CH3]. The first kappa shape index (κ1) is 15.8. The molecule has 0 amide bonds. The number of allylic oxidation sites excluding steroid dienone is 1. The summed E-state index contributed by atoms with van der Waals surface area (Å²) in [5.41, 5.74) is 1.37. The Bertz CT molecular complexity index is 399. The van der Waals surface area contributed by atoms with Crippen molar-refractivity contribution in [1.82, 2.24) is 0 Å². The van der Waals surface area contributed by atoms with Gasteiger partial charge in [-0.3, -0.25) is 0 Å². The molecule has 0 spiro atoms. The van der Waals surface area contributed by atoms with Crippen molar-refractivity contribution in [3.8, 4) is 0 Å². The Labute approximate surface area is 117 Å². The molecule has 0 atom stereocenters. The molecule has 0 radical (unpaired) electrons. The van der Waals surface area contributed by atoms with Crippen molar-refractivity contribution in [3.05, 3.63) is 45.7 Å². The van der Waals surface area contributed by atoms with Gasteiger partial charge in [-0.05, 0) is 0 Å². The third-order valence-electron chi connectivity index (χ3n) is 2.52. The molecule has 18 heavy (non-hydrogen) atoms. The predicted octanol–water partition coefficient (Wildman–Crippen LogP) is 4.84. The van der Waals surface area contributed by atoms with E-state index < -0.39 is 26.7 Å². The Morgan fingerprint density at radius 1 is 1.11 bits per heavy atom.